The summed E-state index contributed by atoms with van der Waals surface area (Å²) in [5.74, 6) is 2.41. The van der Waals surface area contributed by atoms with Gasteiger partial charge in [0.05, 0.1) is 49.0 Å². The van der Waals surface area contributed by atoms with Crippen LogP contribution in [0.2, 0.25) is 0 Å². The molecule has 0 aliphatic carbocycles. The molecule has 0 fully saturated rings. The largest absolute Gasteiger partial charge is 0.495 e. The van der Waals surface area contributed by atoms with Crippen LogP contribution in [0.15, 0.2) is 48.9 Å². The molecule has 38 heavy (non-hydrogen) atoms. The number of hydrogen-bond acceptors (Lipinski definition) is 9. The molecule has 0 unspecified atom stereocenters. The highest BCUT2D eigenvalue weighted by atomic mass is 32.1. The Balaban J connectivity index is 1.31. The van der Waals surface area contributed by atoms with Crippen LogP contribution in [-0.2, 0) is 0 Å². The summed E-state index contributed by atoms with van der Waals surface area (Å²) >= 11 is 1.51. The molecule has 3 aromatic heterocycles. The zero-order valence-corrected chi connectivity index (χ0v) is 21.7. The molecule has 6 rings (SSSR count). The monoisotopic (exact) mass is 529 g/mol. The standard InChI is InChI=1S/C27H23N5O5S/c1-14-6-16-8-18(35-3)11-30-23(16)20(7-14)26-31-21-4-5-22-24(25(21)38-26)36-13-19(37-22)12-32(27(33)34)17-9-28-15(2)29-10-17/h4-11,19H,12-13H2,1-3H3,(H,33,34)/t19-/m1/s1. The molecule has 1 N–H and O–H groups in total. The van der Waals surface area contributed by atoms with Gasteiger partial charge in [-0.1, -0.05) is 0 Å². The number of pyridine rings is 1. The van der Waals surface area contributed by atoms with Crippen molar-refractivity contribution in [1.29, 1.82) is 0 Å². The average Bonchev–Trinajstić information content (AvgIpc) is 3.36. The lowest BCUT2D eigenvalue weighted by Crippen LogP contribution is -2.43. The van der Waals surface area contributed by atoms with Crippen molar-refractivity contribution in [1.82, 2.24) is 19.9 Å². The molecule has 10 nitrogen and oxygen atoms in total. The minimum atomic E-state index is -1.12. The first-order valence-electron chi connectivity index (χ1n) is 11.9. The highest BCUT2D eigenvalue weighted by Gasteiger charge is 2.29. The van der Waals surface area contributed by atoms with Crippen LogP contribution < -0.4 is 19.1 Å². The summed E-state index contributed by atoms with van der Waals surface area (Å²) in [6.07, 6.45) is 3.04. The number of methoxy groups -OCH3 is 1. The molecule has 2 aromatic carbocycles. The maximum absolute atomic E-state index is 11.9. The molecule has 192 valence electrons. The van der Waals surface area contributed by atoms with Crippen molar-refractivity contribution in [3.63, 3.8) is 0 Å². The molecule has 0 bridgehead atoms. The minimum absolute atomic E-state index is 0.0670. The summed E-state index contributed by atoms with van der Waals surface area (Å²) in [4.78, 5) is 30.8. The third kappa shape index (κ3) is 4.30. The molecular formula is C27H23N5O5S. The fraction of sp³-hybridized carbons (Fsp3) is 0.222. The predicted octanol–water partition coefficient (Wildman–Crippen LogP) is 5.25. The molecule has 1 atom stereocenters. The highest BCUT2D eigenvalue weighted by molar-refractivity contribution is 7.22. The Morgan fingerprint density at radius 1 is 1.16 bits per heavy atom. The van der Waals surface area contributed by atoms with Gasteiger partial charge in [-0.05, 0) is 49.7 Å². The second-order valence-electron chi connectivity index (χ2n) is 8.95. The normalized spacial score (nSPS) is 14.6. The fourth-order valence-corrected chi connectivity index (χ4v) is 5.52. The number of hydrogen-bond donors (Lipinski definition) is 1. The van der Waals surface area contributed by atoms with Gasteiger partial charge in [0.2, 0.25) is 0 Å². The Kier molecular flexibility index (Phi) is 5.91. The van der Waals surface area contributed by atoms with Crippen molar-refractivity contribution < 1.29 is 24.1 Å². The van der Waals surface area contributed by atoms with E-state index in [9.17, 15) is 9.90 Å². The minimum Gasteiger partial charge on any atom is -0.495 e. The maximum atomic E-state index is 11.9. The van der Waals surface area contributed by atoms with Gasteiger partial charge in [-0.3, -0.25) is 9.88 Å². The Labute approximate surface area is 221 Å². The van der Waals surface area contributed by atoms with Crippen LogP contribution in [0.4, 0.5) is 10.5 Å². The number of aryl methyl sites for hydroxylation is 2. The van der Waals surface area contributed by atoms with E-state index in [0.717, 1.165) is 42.2 Å². The number of benzene rings is 2. The number of carboxylic acid groups (broad SMARTS) is 1. The van der Waals surface area contributed by atoms with Gasteiger partial charge < -0.3 is 19.3 Å². The van der Waals surface area contributed by atoms with Gasteiger partial charge in [-0.25, -0.2) is 19.7 Å². The molecule has 5 aromatic rings. The maximum Gasteiger partial charge on any atom is 0.412 e. The number of rotatable bonds is 5. The molecule has 4 heterocycles. The van der Waals surface area contributed by atoms with Crippen molar-refractivity contribution in [3.05, 3.63) is 60.3 Å². The summed E-state index contributed by atoms with van der Waals surface area (Å²) in [6, 6.07) is 9.81. The number of carbonyl (C=O) groups is 1. The molecule has 0 spiro atoms. The second-order valence-corrected chi connectivity index (χ2v) is 9.95. The van der Waals surface area contributed by atoms with Crippen LogP contribution in [-0.4, -0.2) is 57.5 Å². The number of aromatic nitrogens is 4. The quantitative estimate of drug-likeness (QED) is 0.325. The van der Waals surface area contributed by atoms with E-state index in [1.54, 1.807) is 20.2 Å². The number of nitrogens with zero attached hydrogens (tertiary/aromatic N) is 5. The topological polar surface area (TPSA) is 120 Å². The Morgan fingerprint density at radius 2 is 1.97 bits per heavy atom. The summed E-state index contributed by atoms with van der Waals surface area (Å²) < 4.78 is 18.5. The fourth-order valence-electron chi connectivity index (χ4n) is 4.45. The zero-order valence-electron chi connectivity index (χ0n) is 20.8. The average molecular weight is 530 g/mol. The van der Waals surface area contributed by atoms with Gasteiger partial charge >= 0.3 is 6.09 Å². The number of thiazole rings is 1. The van der Waals surface area contributed by atoms with E-state index >= 15 is 0 Å². The predicted molar refractivity (Wildman–Crippen MR) is 144 cm³/mol. The first-order chi connectivity index (χ1) is 18.4. The second kappa shape index (κ2) is 9.42. The van der Waals surface area contributed by atoms with E-state index in [1.165, 1.54) is 23.7 Å². The molecule has 1 amide bonds. The summed E-state index contributed by atoms with van der Waals surface area (Å²) in [5, 5.41) is 11.6. The molecule has 1 aliphatic heterocycles. The van der Waals surface area contributed by atoms with Gasteiger partial charge in [-0.15, -0.1) is 11.3 Å². The van der Waals surface area contributed by atoms with Crippen molar-refractivity contribution in [2.24, 2.45) is 0 Å². The molecule has 0 radical (unpaired) electrons. The Hall–Kier alpha value is -4.51. The van der Waals surface area contributed by atoms with Crippen molar-refractivity contribution >= 4 is 44.2 Å². The third-order valence-corrected chi connectivity index (χ3v) is 7.35. The van der Waals surface area contributed by atoms with E-state index < -0.39 is 12.2 Å². The molecule has 1 aliphatic rings. The highest BCUT2D eigenvalue weighted by Crippen LogP contribution is 2.44. The van der Waals surface area contributed by atoms with Crippen molar-refractivity contribution in [2.45, 2.75) is 20.0 Å². The molecule has 11 heteroatoms. The van der Waals surface area contributed by atoms with Crippen LogP contribution in [0.3, 0.4) is 0 Å². The summed E-state index contributed by atoms with van der Waals surface area (Å²) in [7, 11) is 1.62. The Morgan fingerprint density at radius 3 is 2.74 bits per heavy atom. The number of amides is 1. The summed E-state index contributed by atoms with van der Waals surface area (Å²) in [6.45, 7) is 4.03. The first-order valence-corrected chi connectivity index (χ1v) is 12.7. The number of fused-ring (bicyclic) bond motifs is 4. The Bertz CT molecular complexity index is 1690. The lowest BCUT2D eigenvalue weighted by molar-refractivity contribution is 0.0961. The molecule has 0 saturated heterocycles. The van der Waals surface area contributed by atoms with E-state index in [4.69, 9.17) is 19.2 Å². The number of anilines is 1. The van der Waals surface area contributed by atoms with Crippen molar-refractivity contribution in [3.8, 4) is 27.8 Å². The van der Waals surface area contributed by atoms with E-state index in [2.05, 4.69) is 27.1 Å². The van der Waals surface area contributed by atoms with Crippen LogP contribution in [0.1, 0.15) is 11.4 Å². The van der Waals surface area contributed by atoms with Crippen LogP contribution in [0, 0.1) is 13.8 Å². The van der Waals surface area contributed by atoms with E-state index in [0.29, 0.717) is 28.8 Å². The van der Waals surface area contributed by atoms with Gasteiger partial charge in [0.15, 0.2) is 17.6 Å². The smallest absolute Gasteiger partial charge is 0.412 e. The summed E-state index contributed by atoms with van der Waals surface area (Å²) in [5.41, 5.74) is 4.03. The lowest BCUT2D eigenvalue weighted by atomic mass is 10.1. The third-order valence-electron chi connectivity index (χ3n) is 6.25. The molecular weight excluding hydrogens is 506 g/mol. The van der Waals surface area contributed by atoms with Crippen LogP contribution >= 0.6 is 11.3 Å². The SMILES string of the molecule is COc1cnc2c(-c3nc4ccc5c(c4s3)OC[C@@H](CN(C(=O)O)c3cnc(C)nc3)O5)cc(C)cc2c1. The van der Waals surface area contributed by atoms with Crippen LogP contribution in [0.25, 0.3) is 31.7 Å². The van der Waals surface area contributed by atoms with Gasteiger partial charge in [0.25, 0.3) is 0 Å². The van der Waals surface area contributed by atoms with Gasteiger partial charge in [-0.2, -0.15) is 0 Å². The van der Waals surface area contributed by atoms with Gasteiger partial charge in [0.1, 0.15) is 27.9 Å². The first kappa shape index (κ1) is 23.9. The zero-order chi connectivity index (χ0) is 26.4. The number of ether oxygens (including phenoxy) is 3. The molecule has 0 saturated carbocycles. The van der Waals surface area contributed by atoms with E-state index in [1.807, 2.05) is 25.1 Å². The van der Waals surface area contributed by atoms with Crippen LogP contribution in [0.5, 0.6) is 17.2 Å². The lowest BCUT2D eigenvalue weighted by Gasteiger charge is -2.30. The van der Waals surface area contributed by atoms with Crippen molar-refractivity contribution in [2.75, 3.05) is 25.2 Å². The van der Waals surface area contributed by atoms with E-state index in [-0.39, 0.29) is 13.2 Å². The van der Waals surface area contributed by atoms with Gasteiger partial charge in [0, 0.05) is 10.9 Å².